The van der Waals surface area contributed by atoms with Crippen molar-refractivity contribution < 1.29 is 44.6 Å². The molecule has 0 amide bonds. The minimum Gasteiger partial charge on any atom is -0.428 e. The Morgan fingerprint density at radius 2 is 0.964 bits per heavy atom. The predicted octanol–water partition coefficient (Wildman–Crippen LogP) is 4.99. The van der Waals surface area contributed by atoms with Crippen LogP contribution < -0.4 is 20.9 Å². The molecule has 2 aromatic carbocycles. The van der Waals surface area contributed by atoms with Crippen LogP contribution in [0.1, 0.15) is 0 Å². The van der Waals surface area contributed by atoms with Crippen LogP contribution in [0, 0.1) is 0 Å². The van der Waals surface area contributed by atoms with Crippen LogP contribution in [0.25, 0.3) is 11.1 Å². The molecule has 0 saturated heterocycles. The van der Waals surface area contributed by atoms with Crippen LogP contribution in [0.15, 0.2) is 36.4 Å². The molecule has 12 heteroatoms. The van der Waals surface area contributed by atoms with Crippen LogP contribution in [-0.2, 0) is 0 Å². The zero-order valence-corrected chi connectivity index (χ0v) is 13.6. The highest BCUT2D eigenvalue weighted by Gasteiger charge is 2.46. The van der Waals surface area contributed by atoms with Crippen molar-refractivity contribution in [1.82, 2.24) is 0 Å². The minimum absolute atomic E-state index is 0.181. The number of benzene rings is 2. The Labute approximate surface area is 152 Å². The number of nitrogen functional groups attached to an aromatic ring is 2. The van der Waals surface area contributed by atoms with E-state index in [9.17, 15) is 35.1 Å². The van der Waals surface area contributed by atoms with Gasteiger partial charge in [0.25, 0.3) is 0 Å². The predicted molar refractivity (Wildman–Crippen MR) is 83.9 cm³/mol. The molecular formula is C16H12F8N2O2. The van der Waals surface area contributed by atoms with E-state index in [1.54, 1.807) is 0 Å². The smallest absolute Gasteiger partial charge is 0.428 e. The first-order valence-electron chi connectivity index (χ1n) is 7.33. The third-order valence-corrected chi connectivity index (χ3v) is 3.30. The van der Waals surface area contributed by atoms with Crippen molar-refractivity contribution in [2.75, 3.05) is 11.5 Å². The van der Waals surface area contributed by atoms with Gasteiger partial charge in [0.1, 0.15) is 11.5 Å². The molecular weight excluding hydrogens is 404 g/mol. The van der Waals surface area contributed by atoms with E-state index in [1.807, 2.05) is 0 Å². The highest BCUT2D eigenvalue weighted by molar-refractivity contribution is 5.79. The molecule has 0 atom stereocenters. The maximum atomic E-state index is 13.3. The number of hydrogen-bond acceptors (Lipinski definition) is 4. The fourth-order valence-electron chi connectivity index (χ4n) is 2.07. The second-order valence-electron chi connectivity index (χ2n) is 5.44. The van der Waals surface area contributed by atoms with Crippen molar-refractivity contribution in [3.05, 3.63) is 36.4 Å². The maximum Gasteiger partial charge on any atom is 0.461 e. The number of anilines is 2. The van der Waals surface area contributed by atoms with Crippen LogP contribution in [-0.4, -0.2) is 25.1 Å². The van der Waals surface area contributed by atoms with Gasteiger partial charge >= 0.3 is 25.1 Å². The average Bonchev–Trinajstić information content (AvgIpc) is 2.55. The molecule has 0 radical (unpaired) electrons. The summed E-state index contributed by atoms with van der Waals surface area (Å²) in [5.41, 5.74) is 9.58. The molecule has 154 valence electrons. The summed E-state index contributed by atoms with van der Waals surface area (Å²) in [5, 5.41) is 0. The summed E-state index contributed by atoms with van der Waals surface area (Å²) in [6.45, 7) is 0. The number of alkyl halides is 8. The Kier molecular flexibility index (Phi) is 5.80. The summed E-state index contributed by atoms with van der Waals surface area (Å²) in [6.07, 6.45) is -18.3. The molecule has 0 bridgehead atoms. The lowest BCUT2D eigenvalue weighted by Crippen LogP contribution is -2.34. The van der Waals surface area contributed by atoms with Crippen molar-refractivity contribution >= 4 is 11.4 Å². The van der Waals surface area contributed by atoms with Crippen LogP contribution in [0.5, 0.6) is 11.5 Å². The quantitative estimate of drug-likeness (QED) is 0.493. The SMILES string of the molecule is Nc1ccc(-c2ccc(N)cc2OC(F)(F)C(F)F)c(OC(F)(F)C(F)F)c1. The van der Waals surface area contributed by atoms with Gasteiger partial charge in [-0.2, -0.15) is 35.1 Å². The summed E-state index contributed by atoms with van der Waals surface area (Å²) in [5.74, 6) is -1.83. The Balaban J connectivity index is 2.59. The molecule has 0 saturated carbocycles. The number of ether oxygens (including phenoxy) is 2. The topological polar surface area (TPSA) is 70.5 Å². The zero-order valence-electron chi connectivity index (χ0n) is 13.6. The van der Waals surface area contributed by atoms with Gasteiger partial charge in [0.05, 0.1) is 0 Å². The summed E-state index contributed by atoms with van der Waals surface area (Å²) in [7, 11) is 0. The van der Waals surface area contributed by atoms with Gasteiger partial charge in [-0.3, -0.25) is 0 Å². The van der Waals surface area contributed by atoms with E-state index in [1.165, 1.54) is 0 Å². The largest absolute Gasteiger partial charge is 0.461 e. The van der Waals surface area contributed by atoms with E-state index < -0.39 is 47.7 Å². The van der Waals surface area contributed by atoms with Gasteiger partial charge in [-0.15, -0.1) is 0 Å². The molecule has 28 heavy (non-hydrogen) atoms. The lowest BCUT2D eigenvalue weighted by Gasteiger charge is -2.22. The summed E-state index contributed by atoms with van der Waals surface area (Å²) in [4.78, 5) is 0. The maximum absolute atomic E-state index is 13.3. The van der Waals surface area contributed by atoms with Gasteiger partial charge < -0.3 is 20.9 Å². The lowest BCUT2D eigenvalue weighted by molar-refractivity contribution is -0.253. The van der Waals surface area contributed by atoms with Crippen LogP contribution in [0.4, 0.5) is 46.5 Å². The lowest BCUT2D eigenvalue weighted by atomic mass is 10.0. The Morgan fingerprint density at radius 3 is 1.25 bits per heavy atom. The molecule has 4 nitrogen and oxygen atoms in total. The van der Waals surface area contributed by atoms with E-state index >= 15 is 0 Å². The van der Waals surface area contributed by atoms with E-state index in [0.29, 0.717) is 0 Å². The Bertz CT molecular complexity index is 776. The van der Waals surface area contributed by atoms with Crippen molar-refractivity contribution in [2.24, 2.45) is 0 Å². The van der Waals surface area contributed by atoms with E-state index in [2.05, 4.69) is 9.47 Å². The molecule has 0 aliphatic rings. The highest BCUT2D eigenvalue weighted by atomic mass is 19.3. The molecule has 0 heterocycles. The zero-order chi connectivity index (χ0) is 21.3. The number of halogens is 8. The molecule has 2 aromatic rings. The first kappa shape index (κ1) is 21.4. The highest BCUT2D eigenvalue weighted by Crippen LogP contribution is 2.43. The molecule has 0 unspecified atom stereocenters. The van der Waals surface area contributed by atoms with Gasteiger partial charge in [-0.05, 0) is 24.3 Å². The molecule has 0 aliphatic heterocycles. The van der Waals surface area contributed by atoms with Crippen LogP contribution in [0.2, 0.25) is 0 Å². The van der Waals surface area contributed by atoms with E-state index in [-0.39, 0.29) is 11.4 Å². The van der Waals surface area contributed by atoms with E-state index in [0.717, 1.165) is 36.4 Å². The van der Waals surface area contributed by atoms with Crippen LogP contribution >= 0.6 is 0 Å². The van der Waals surface area contributed by atoms with Gasteiger partial charge in [0.15, 0.2) is 0 Å². The number of hydrogen-bond donors (Lipinski definition) is 2. The summed E-state index contributed by atoms with van der Waals surface area (Å²) in [6, 6.07) is 5.66. The minimum atomic E-state index is -4.94. The first-order valence-corrected chi connectivity index (χ1v) is 7.33. The Morgan fingerprint density at radius 1 is 0.643 bits per heavy atom. The molecule has 0 aliphatic carbocycles. The normalized spacial score (nSPS) is 12.5. The van der Waals surface area contributed by atoms with E-state index in [4.69, 9.17) is 11.5 Å². The molecule has 0 spiro atoms. The van der Waals surface area contributed by atoms with Crippen molar-refractivity contribution in [1.29, 1.82) is 0 Å². The first-order chi connectivity index (χ1) is 12.8. The van der Waals surface area contributed by atoms with Gasteiger partial charge in [-0.25, -0.2) is 0 Å². The molecule has 0 fully saturated rings. The van der Waals surface area contributed by atoms with Crippen LogP contribution in [0.3, 0.4) is 0 Å². The third kappa shape index (κ3) is 4.67. The molecule has 0 aromatic heterocycles. The molecule has 2 rings (SSSR count). The fourth-order valence-corrected chi connectivity index (χ4v) is 2.07. The molecule has 4 N–H and O–H groups in total. The standard InChI is InChI=1S/C16H12F8N2O2/c17-13(18)15(21,22)27-11-5-7(25)1-3-9(11)10-4-2-8(26)6-12(10)28-16(23,24)14(19)20/h1-6,13-14H,25-26H2. The van der Waals surface area contributed by atoms with Crippen molar-refractivity contribution in [3.8, 4) is 22.6 Å². The number of nitrogens with two attached hydrogens (primary N) is 2. The second kappa shape index (κ2) is 7.60. The van der Waals surface area contributed by atoms with Crippen molar-refractivity contribution in [2.45, 2.75) is 25.1 Å². The van der Waals surface area contributed by atoms with Gasteiger partial charge in [-0.1, -0.05) is 0 Å². The average molecular weight is 416 g/mol. The summed E-state index contributed by atoms with van der Waals surface area (Å²) >= 11 is 0. The summed E-state index contributed by atoms with van der Waals surface area (Å²) < 4.78 is 111. The van der Waals surface area contributed by atoms with Gasteiger partial charge in [0.2, 0.25) is 0 Å². The monoisotopic (exact) mass is 416 g/mol. The number of rotatable bonds is 7. The second-order valence-corrected chi connectivity index (χ2v) is 5.44. The Hall–Kier alpha value is -2.92. The van der Waals surface area contributed by atoms with Gasteiger partial charge in [0, 0.05) is 34.6 Å². The third-order valence-electron chi connectivity index (χ3n) is 3.30. The van der Waals surface area contributed by atoms with Crippen molar-refractivity contribution in [3.63, 3.8) is 0 Å². The fraction of sp³-hybridized carbons (Fsp3) is 0.250.